The van der Waals surface area contributed by atoms with Gasteiger partial charge in [-0.2, -0.15) is 18.2 Å². The molecule has 0 amide bonds. The summed E-state index contributed by atoms with van der Waals surface area (Å²) in [4.78, 5) is 0. The smallest absolute Gasteiger partial charge is 0.270 e. The summed E-state index contributed by atoms with van der Waals surface area (Å²) in [5, 5.41) is 2.79. The van der Waals surface area contributed by atoms with Gasteiger partial charge >= 0.3 is 26.2 Å². The van der Waals surface area contributed by atoms with Crippen LogP contribution in [0.2, 0.25) is 0 Å². The largest absolute Gasteiger partial charge is 2.00 e. The fourth-order valence-electron chi connectivity index (χ4n) is 2.06. The van der Waals surface area contributed by atoms with Crippen molar-refractivity contribution < 1.29 is 26.2 Å². The Morgan fingerprint density at radius 2 is 1.80 bits per heavy atom. The number of benzene rings is 1. The van der Waals surface area contributed by atoms with E-state index in [1.807, 2.05) is 0 Å². The minimum atomic E-state index is 0. The summed E-state index contributed by atoms with van der Waals surface area (Å²) in [6, 6.07) is 10.8. The number of hydrogen-bond donors (Lipinski definition) is 0. The Bertz CT molecular complexity index is 577. The third-order valence-corrected chi connectivity index (χ3v) is 3.12. The second-order valence-electron chi connectivity index (χ2n) is 4.52. The molecule has 3 heteroatoms. The Hall–Kier alpha value is -0.227. The van der Waals surface area contributed by atoms with Crippen LogP contribution < -0.4 is 0 Å². The van der Waals surface area contributed by atoms with E-state index in [1.54, 1.807) is 0 Å². The molecule has 106 valence electrons. The van der Waals surface area contributed by atoms with E-state index < -0.39 is 0 Å². The van der Waals surface area contributed by atoms with Gasteiger partial charge in [0.2, 0.25) is 0 Å². The summed E-state index contributed by atoms with van der Waals surface area (Å²) >= 11 is 0. The second kappa shape index (κ2) is 10.5. The molecule has 0 radical (unpaired) electrons. The number of halogens is 2. The molecule has 0 spiro atoms. The summed E-state index contributed by atoms with van der Waals surface area (Å²) < 4.78 is 0. The number of rotatable bonds is 0. The van der Waals surface area contributed by atoms with Gasteiger partial charge in [0.15, 0.2) is 0 Å². The van der Waals surface area contributed by atoms with Gasteiger partial charge in [-0.15, -0.1) is 59.7 Å². The Morgan fingerprint density at radius 3 is 2.25 bits per heavy atom. The topological polar surface area (TPSA) is 0 Å². The van der Waals surface area contributed by atoms with Crippen LogP contribution in [-0.4, -0.2) is 0 Å². The van der Waals surface area contributed by atoms with Gasteiger partial charge in [0, 0.05) is 0 Å². The van der Waals surface area contributed by atoms with Crippen LogP contribution in [0.3, 0.4) is 0 Å². The van der Waals surface area contributed by atoms with Gasteiger partial charge < -0.3 is 0 Å². The summed E-state index contributed by atoms with van der Waals surface area (Å²) in [7, 11) is 0. The molecule has 0 aromatic heterocycles. The summed E-state index contributed by atoms with van der Waals surface area (Å²) in [6.07, 6.45) is 8.33. The number of fused-ring (bicyclic) bond motifs is 1. The molecule has 0 saturated heterocycles. The standard InChI is InChI=1S/C11H11.C6H7.2ClH.Zr/c1-8-4-3-5-10-9(2)6-7-11(8)10;1-6-4-2-3-5-6;;;/h3-7H,1-2H3;2,4H,3H2,1H3;2*1H;/q2*-1;;;+2. The Morgan fingerprint density at radius 1 is 1.10 bits per heavy atom. The zero-order valence-corrected chi connectivity index (χ0v) is 16.2. The zero-order chi connectivity index (χ0) is 12.3. The monoisotopic (exact) mass is 384 g/mol. The zero-order valence-electron chi connectivity index (χ0n) is 12.1. The fourth-order valence-corrected chi connectivity index (χ4v) is 2.06. The van der Waals surface area contributed by atoms with E-state index in [0.717, 1.165) is 6.42 Å². The fraction of sp³-hybridized carbons (Fsp3) is 0.235. The molecule has 0 heterocycles. The molecule has 0 unspecified atom stereocenters. The molecule has 2 aromatic rings. The van der Waals surface area contributed by atoms with Crippen LogP contribution in [-0.2, 0) is 26.2 Å². The maximum Gasteiger partial charge on any atom is 2.00 e. The minimum Gasteiger partial charge on any atom is -0.270 e. The molecule has 0 fully saturated rings. The van der Waals surface area contributed by atoms with Crippen LogP contribution in [0.4, 0.5) is 0 Å². The van der Waals surface area contributed by atoms with E-state index in [9.17, 15) is 0 Å². The number of aryl methyl sites for hydroxylation is 2. The molecule has 0 atom stereocenters. The molecule has 2 aromatic carbocycles. The van der Waals surface area contributed by atoms with Crippen molar-refractivity contribution in [2.75, 3.05) is 0 Å². The second-order valence-corrected chi connectivity index (χ2v) is 4.52. The molecule has 0 nitrogen and oxygen atoms in total. The molecule has 1 aliphatic rings. The first-order valence-corrected chi connectivity index (χ1v) is 6.04. The normalized spacial score (nSPS) is 11.4. The molecule has 0 bridgehead atoms. The van der Waals surface area contributed by atoms with Crippen molar-refractivity contribution in [1.82, 2.24) is 0 Å². The maximum absolute atomic E-state index is 3.12. The number of allylic oxidation sites excluding steroid dienone is 4. The average Bonchev–Trinajstić information content (AvgIpc) is 2.91. The van der Waals surface area contributed by atoms with Gasteiger partial charge in [0.25, 0.3) is 0 Å². The van der Waals surface area contributed by atoms with Crippen LogP contribution in [0.5, 0.6) is 0 Å². The van der Waals surface area contributed by atoms with E-state index in [0.29, 0.717) is 0 Å². The van der Waals surface area contributed by atoms with E-state index in [4.69, 9.17) is 0 Å². The van der Waals surface area contributed by atoms with Gasteiger partial charge in [-0.25, -0.2) is 11.6 Å². The summed E-state index contributed by atoms with van der Waals surface area (Å²) in [6.45, 7) is 6.37. The molecule has 0 saturated carbocycles. The summed E-state index contributed by atoms with van der Waals surface area (Å²) in [5.41, 5.74) is 4.02. The molecule has 0 aliphatic heterocycles. The van der Waals surface area contributed by atoms with Crippen molar-refractivity contribution in [3.8, 4) is 0 Å². The van der Waals surface area contributed by atoms with Crippen molar-refractivity contribution >= 4 is 35.6 Å². The van der Waals surface area contributed by atoms with Crippen molar-refractivity contribution in [3.05, 3.63) is 65.3 Å². The third kappa shape index (κ3) is 5.64. The first-order valence-electron chi connectivity index (χ1n) is 6.04. The van der Waals surface area contributed by atoms with Gasteiger partial charge in [-0.1, -0.05) is 25.5 Å². The first kappa shape index (κ1) is 22.1. The summed E-state index contributed by atoms with van der Waals surface area (Å²) in [5.74, 6) is 0. The number of hydrogen-bond acceptors (Lipinski definition) is 0. The van der Waals surface area contributed by atoms with Gasteiger partial charge in [0.05, 0.1) is 0 Å². The minimum absolute atomic E-state index is 0. The van der Waals surface area contributed by atoms with E-state index in [1.165, 1.54) is 27.5 Å². The van der Waals surface area contributed by atoms with Crippen molar-refractivity contribution in [2.45, 2.75) is 27.2 Å². The Labute approximate surface area is 153 Å². The predicted molar refractivity (Wildman–Crippen MR) is 89.7 cm³/mol. The first-order chi connectivity index (χ1) is 8.18. The van der Waals surface area contributed by atoms with Crippen LogP contribution in [0, 0.1) is 19.9 Å². The SMILES string of the molecule is CC1=[C-]CC=C1.Cc1cccc2c1cc[c-]2C.Cl.Cl.[Zr+2]. The molecule has 0 N–H and O–H groups in total. The van der Waals surface area contributed by atoms with Crippen LogP contribution in [0.15, 0.2) is 48.1 Å². The van der Waals surface area contributed by atoms with Gasteiger partial charge in [-0.3, -0.25) is 6.08 Å². The molecule has 1 aliphatic carbocycles. The van der Waals surface area contributed by atoms with Crippen molar-refractivity contribution in [3.63, 3.8) is 0 Å². The molecular formula is C17H20Cl2Zr. The molecule has 20 heavy (non-hydrogen) atoms. The Kier molecular flexibility index (Phi) is 11.6. The van der Waals surface area contributed by atoms with Gasteiger partial charge in [-0.05, 0) is 6.92 Å². The Balaban J connectivity index is 0. The quantitative estimate of drug-likeness (QED) is 0.509. The van der Waals surface area contributed by atoms with Crippen LogP contribution >= 0.6 is 24.8 Å². The van der Waals surface area contributed by atoms with E-state index in [-0.39, 0.29) is 51.0 Å². The van der Waals surface area contributed by atoms with Gasteiger partial charge in [0.1, 0.15) is 0 Å². The van der Waals surface area contributed by atoms with Crippen molar-refractivity contribution in [2.24, 2.45) is 0 Å². The average molecular weight is 386 g/mol. The predicted octanol–water partition coefficient (Wildman–Crippen LogP) is 5.71. The van der Waals surface area contributed by atoms with E-state index in [2.05, 4.69) is 69.3 Å². The maximum atomic E-state index is 3.12. The van der Waals surface area contributed by atoms with Crippen molar-refractivity contribution in [1.29, 1.82) is 0 Å². The van der Waals surface area contributed by atoms with Crippen LogP contribution in [0.1, 0.15) is 24.5 Å². The van der Waals surface area contributed by atoms with Crippen LogP contribution in [0.25, 0.3) is 10.8 Å². The molecule has 3 rings (SSSR count). The van der Waals surface area contributed by atoms with E-state index >= 15 is 0 Å². The third-order valence-electron chi connectivity index (χ3n) is 3.12. The molecular weight excluding hydrogens is 366 g/mol.